The quantitative estimate of drug-likeness (QED) is 0.438. The number of aromatic nitrogens is 1. The lowest BCUT2D eigenvalue weighted by atomic mass is 9.97. The fraction of sp³-hybridized carbons (Fsp3) is 0.333. The fourth-order valence-corrected chi connectivity index (χ4v) is 4.88. The number of sulfonamides is 1. The molecular weight excluding hydrogens is 404 g/mol. The number of aryl methyl sites for hydroxylation is 1. The maximum Gasteiger partial charge on any atom is 0.274 e. The highest BCUT2D eigenvalue weighted by Gasteiger charge is 2.28. The Morgan fingerprint density at radius 2 is 2.03 bits per heavy atom. The zero-order chi connectivity index (χ0) is 21.7. The molecule has 1 atom stereocenters. The van der Waals surface area contributed by atoms with E-state index in [2.05, 4.69) is 21.6 Å². The number of carbonyl (C=O) groups excluding carboxylic acids is 1. The molecule has 0 radical (unpaired) electrons. The molecule has 30 heavy (non-hydrogen) atoms. The molecule has 1 aromatic carbocycles. The maximum absolute atomic E-state index is 12.8. The Balaban J connectivity index is 1.96. The average Bonchev–Trinajstić information content (AvgIpc) is 2.69. The third-order valence-corrected chi connectivity index (χ3v) is 6.25. The molecule has 3 rings (SSSR count). The molecule has 9 heteroatoms. The summed E-state index contributed by atoms with van der Waals surface area (Å²) in [5.41, 5.74) is 2.27. The molecule has 1 aromatic heterocycles. The van der Waals surface area contributed by atoms with Gasteiger partial charge in [0.1, 0.15) is 5.69 Å². The van der Waals surface area contributed by atoms with Crippen molar-refractivity contribution in [3.05, 3.63) is 70.2 Å². The van der Waals surface area contributed by atoms with Crippen molar-refractivity contribution in [2.75, 3.05) is 22.7 Å². The first-order valence-electron chi connectivity index (χ1n) is 9.67. The first kappa shape index (κ1) is 21.6. The highest BCUT2D eigenvalue weighted by molar-refractivity contribution is 7.91. The normalized spacial score (nSPS) is 16.9. The molecule has 1 amide bonds. The molecule has 2 heterocycles. The summed E-state index contributed by atoms with van der Waals surface area (Å²) in [4.78, 5) is 28.2. The van der Waals surface area contributed by atoms with Crippen LogP contribution in [0.15, 0.2) is 53.3 Å². The summed E-state index contributed by atoms with van der Waals surface area (Å²) in [5, 5.41) is 2.68. The van der Waals surface area contributed by atoms with Gasteiger partial charge in [0.05, 0.1) is 17.5 Å². The average molecular weight is 431 g/mol. The van der Waals surface area contributed by atoms with Gasteiger partial charge >= 0.3 is 0 Å². The summed E-state index contributed by atoms with van der Waals surface area (Å²) in [7, 11) is -3.82. The molecule has 2 aromatic rings. The molecule has 0 aliphatic carbocycles. The Bertz CT molecular complexity index is 1080. The van der Waals surface area contributed by atoms with Gasteiger partial charge in [-0.1, -0.05) is 42.5 Å². The largest absolute Gasteiger partial charge is 0.364 e. The predicted octanol–water partition coefficient (Wildman–Crippen LogP) is 1.90. The van der Waals surface area contributed by atoms with Crippen molar-refractivity contribution in [2.24, 2.45) is 0 Å². The smallest absolute Gasteiger partial charge is 0.274 e. The Hall–Kier alpha value is -3.07. The van der Waals surface area contributed by atoms with Crippen LogP contribution in [0.4, 0.5) is 11.4 Å². The lowest BCUT2D eigenvalue weighted by Crippen LogP contribution is -2.47. The first-order chi connectivity index (χ1) is 14.3. The summed E-state index contributed by atoms with van der Waals surface area (Å²) in [5.74, 6) is -0.243. The van der Waals surface area contributed by atoms with Crippen molar-refractivity contribution in [2.45, 2.75) is 31.6 Å². The van der Waals surface area contributed by atoms with Gasteiger partial charge in [-0.25, -0.2) is 8.42 Å². The molecule has 0 bridgehead atoms. The van der Waals surface area contributed by atoms with Crippen molar-refractivity contribution < 1.29 is 13.2 Å². The van der Waals surface area contributed by atoms with Gasteiger partial charge in [-0.05, 0) is 31.4 Å². The second kappa shape index (κ2) is 9.17. The molecule has 1 unspecified atom stereocenters. The summed E-state index contributed by atoms with van der Waals surface area (Å²) in [6, 6.07) is 10.4. The third-order valence-electron chi connectivity index (χ3n) is 5.02. The number of benzene rings is 1. The van der Waals surface area contributed by atoms with Gasteiger partial charge in [0.15, 0.2) is 0 Å². The van der Waals surface area contributed by atoms with Crippen LogP contribution in [-0.4, -0.2) is 38.9 Å². The number of hydrogen-bond donors (Lipinski definition) is 3. The highest BCUT2D eigenvalue weighted by atomic mass is 32.2. The Morgan fingerprint density at radius 3 is 2.73 bits per heavy atom. The van der Waals surface area contributed by atoms with Gasteiger partial charge in [0, 0.05) is 18.8 Å². The minimum absolute atomic E-state index is 0.0138. The molecule has 1 fully saturated rings. The van der Waals surface area contributed by atoms with Crippen LogP contribution in [0.1, 0.15) is 24.1 Å². The van der Waals surface area contributed by atoms with E-state index in [9.17, 15) is 18.0 Å². The Morgan fingerprint density at radius 1 is 1.30 bits per heavy atom. The van der Waals surface area contributed by atoms with Crippen molar-refractivity contribution in [3.8, 4) is 0 Å². The zero-order valence-electron chi connectivity index (χ0n) is 16.8. The van der Waals surface area contributed by atoms with E-state index in [1.54, 1.807) is 37.3 Å². The molecule has 1 aliphatic rings. The maximum atomic E-state index is 12.8. The second-order valence-electron chi connectivity index (χ2n) is 7.47. The lowest BCUT2D eigenvalue weighted by Gasteiger charge is -2.39. The molecule has 1 saturated heterocycles. The van der Waals surface area contributed by atoms with Crippen LogP contribution >= 0.6 is 0 Å². The van der Waals surface area contributed by atoms with E-state index in [1.165, 1.54) is 0 Å². The summed E-state index contributed by atoms with van der Waals surface area (Å²) in [6.07, 6.45) is 1.99. The number of rotatable bonds is 8. The van der Waals surface area contributed by atoms with E-state index in [1.807, 2.05) is 11.0 Å². The van der Waals surface area contributed by atoms with Gasteiger partial charge in [-0.3, -0.25) is 14.3 Å². The van der Waals surface area contributed by atoms with Gasteiger partial charge in [0.25, 0.3) is 5.56 Å². The van der Waals surface area contributed by atoms with Crippen LogP contribution in [0.3, 0.4) is 0 Å². The zero-order valence-corrected chi connectivity index (χ0v) is 17.7. The van der Waals surface area contributed by atoms with E-state index < -0.39 is 15.6 Å². The minimum atomic E-state index is -3.82. The number of amides is 1. The van der Waals surface area contributed by atoms with Gasteiger partial charge in [-0.15, -0.1) is 0 Å². The number of nitrogens with one attached hydrogen (secondary N) is 3. The number of nitrogens with zero attached hydrogens (tertiary/aromatic N) is 1. The third kappa shape index (κ3) is 5.29. The molecular formula is C21H26N4O4S. The minimum Gasteiger partial charge on any atom is -0.364 e. The molecule has 0 saturated carbocycles. The van der Waals surface area contributed by atoms with Crippen LogP contribution in [-0.2, 0) is 20.6 Å². The van der Waals surface area contributed by atoms with E-state index in [0.29, 0.717) is 42.9 Å². The number of H-pyrrole nitrogens is 1. The van der Waals surface area contributed by atoms with Crippen LogP contribution in [0.5, 0.6) is 0 Å². The lowest BCUT2D eigenvalue weighted by molar-refractivity contribution is -0.109. The number of aromatic amines is 1. The first-order valence-corrected chi connectivity index (χ1v) is 11.3. The van der Waals surface area contributed by atoms with E-state index >= 15 is 0 Å². The molecule has 3 N–H and O–H groups in total. The second-order valence-corrected chi connectivity index (χ2v) is 9.19. The van der Waals surface area contributed by atoms with Crippen LogP contribution < -0.4 is 20.5 Å². The van der Waals surface area contributed by atoms with Gasteiger partial charge in [-0.2, -0.15) is 0 Å². The number of anilines is 2. The highest BCUT2D eigenvalue weighted by Crippen LogP contribution is 2.31. The molecule has 0 spiro atoms. The van der Waals surface area contributed by atoms with E-state index in [0.717, 1.165) is 12.0 Å². The SMILES string of the molecule is C=C1CCN(c2cc(C)[nH]c(=O)c2NS(=O)(=O)Cc2ccccc2)C(CNC=O)C1. The molecule has 160 valence electrons. The number of hydrogen-bond acceptors (Lipinski definition) is 5. The number of piperidine rings is 1. The van der Waals surface area contributed by atoms with E-state index in [-0.39, 0.29) is 17.5 Å². The Kier molecular flexibility index (Phi) is 6.61. The topological polar surface area (TPSA) is 111 Å². The van der Waals surface area contributed by atoms with Gasteiger partial charge < -0.3 is 15.2 Å². The monoisotopic (exact) mass is 430 g/mol. The number of carbonyl (C=O) groups is 1. The summed E-state index contributed by atoms with van der Waals surface area (Å²) in [6.45, 7) is 6.72. The predicted molar refractivity (Wildman–Crippen MR) is 118 cm³/mol. The molecule has 8 nitrogen and oxygen atoms in total. The van der Waals surface area contributed by atoms with Crippen molar-refractivity contribution in [1.29, 1.82) is 0 Å². The van der Waals surface area contributed by atoms with E-state index in [4.69, 9.17) is 0 Å². The van der Waals surface area contributed by atoms with Crippen molar-refractivity contribution in [1.82, 2.24) is 10.3 Å². The van der Waals surface area contributed by atoms with Gasteiger partial charge in [0.2, 0.25) is 16.4 Å². The summed E-state index contributed by atoms with van der Waals surface area (Å²) < 4.78 is 28.1. The van der Waals surface area contributed by atoms with Crippen molar-refractivity contribution >= 4 is 27.8 Å². The van der Waals surface area contributed by atoms with Crippen LogP contribution in [0.25, 0.3) is 0 Å². The Labute approximate surface area is 176 Å². The molecule has 1 aliphatic heterocycles. The standard InChI is InChI=1S/C21H26N4O4S/c1-15-8-9-25(18(10-15)12-22-14-26)19-11-16(2)23-21(27)20(19)24-30(28,29)13-17-6-4-3-5-7-17/h3-7,11,14,18,24H,1,8-10,12-13H2,2H3,(H,22,26)(H,23,27). The summed E-state index contributed by atoms with van der Waals surface area (Å²) >= 11 is 0. The fourth-order valence-electron chi connectivity index (χ4n) is 3.67. The van der Waals surface area contributed by atoms with Crippen molar-refractivity contribution in [3.63, 3.8) is 0 Å². The van der Waals surface area contributed by atoms with Crippen LogP contribution in [0, 0.1) is 6.92 Å². The number of pyridine rings is 1. The van der Waals surface area contributed by atoms with Crippen LogP contribution in [0.2, 0.25) is 0 Å².